The van der Waals surface area contributed by atoms with Crippen LogP contribution in [0, 0.1) is 24.2 Å². The normalized spacial score (nSPS) is 34.9. The molecular weight excluding hydrogens is 438 g/mol. The molecule has 0 radical (unpaired) electrons. The third-order valence-electron chi connectivity index (χ3n) is 6.84. The molecule has 0 spiro atoms. The van der Waals surface area contributed by atoms with Crippen molar-refractivity contribution in [2.45, 2.75) is 91.6 Å². The van der Waals surface area contributed by atoms with E-state index in [4.69, 9.17) is 9.47 Å². The average Bonchev–Trinajstić information content (AvgIpc) is 3.37. The topological polar surface area (TPSA) is 89.0 Å². The number of allylic oxidation sites excluding steroid dienone is 1. The highest BCUT2D eigenvalue weighted by molar-refractivity contribution is 7.09. The third-order valence-corrected chi connectivity index (χ3v) is 7.63. The van der Waals surface area contributed by atoms with Crippen molar-refractivity contribution in [2.75, 3.05) is 0 Å². The number of ether oxygens (including phenoxy) is 2. The lowest BCUT2D eigenvalue weighted by molar-refractivity contribution is -0.141. The second-order valence-corrected chi connectivity index (χ2v) is 11.2. The number of rotatable bonds is 2. The molecule has 0 amide bonds. The first-order valence-electron chi connectivity index (χ1n) is 11.9. The molecule has 0 aromatic carbocycles. The number of aromatic nitrogens is 1. The van der Waals surface area contributed by atoms with Crippen molar-refractivity contribution in [1.82, 2.24) is 4.98 Å². The van der Waals surface area contributed by atoms with Crippen LogP contribution in [-0.2, 0) is 19.1 Å². The Labute approximate surface area is 201 Å². The Morgan fingerprint density at radius 3 is 2.64 bits per heavy atom. The zero-order valence-corrected chi connectivity index (χ0v) is 21.4. The molecule has 6 atom stereocenters. The van der Waals surface area contributed by atoms with Crippen molar-refractivity contribution in [2.24, 2.45) is 17.3 Å². The minimum absolute atomic E-state index is 0.0123. The molecule has 1 fully saturated rings. The van der Waals surface area contributed by atoms with E-state index in [2.05, 4.69) is 4.98 Å². The van der Waals surface area contributed by atoms with Crippen LogP contribution in [0.3, 0.4) is 0 Å². The minimum atomic E-state index is -0.889. The highest BCUT2D eigenvalue weighted by atomic mass is 32.1. The number of hydrogen-bond acceptors (Lipinski definition) is 7. The molecule has 0 unspecified atom stereocenters. The van der Waals surface area contributed by atoms with E-state index in [1.807, 2.05) is 32.2 Å². The van der Waals surface area contributed by atoms with Crippen molar-refractivity contribution in [3.63, 3.8) is 0 Å². The molecule has 182 valence electrons. The van der Waals surface area contributed by atoms with Gasteiger partial charge in [-0.3, -0.25) is 4.79 Å². The number of epoxide rings is 1. The Morgan fingerprint density at radius 2 is 1.97 bits per heavy atom. The fourth-order valence-electron chi connectivity index (χ4n) is 4.54. The first kappa shape index (κ1) is 25.8. The van der Waals surface area contributed by atoms with Gasteiger partial charge < -0.3 is 14.6 Å². The quantitative estimate of drug-likeness (QED) is 0.484. The van der Waals surface area contributed by atoms with Crippen LogP contribution in [0.2, 0.25) is 0 Å². The molecule has 33 heavy (non-hydrogen) atoms. The summed E-state index contributed by atoms with van der Waals surface area (Å²) in [6.07, 6.45) is 7.18. The Morgan fingerprint density at radius 1 is 1.24 bits per heavy atom. The summed E-state index contributed by atoms with van der Waals surface area (Å²) in [6.45, 7) is 11.2. The van der Waals surface area contributed by atoms with Crippen molar-refractivity contribution in [1.29, 1.82) is 0 Å². The maximum atomic E-state index is 13.1. The molecule has 2 aliphatic rings. The van der Waals surface area contributed by atoms with Crippen LogP contribution in [0.25, 0.3) is 6.08 Å². The molecule has 2 aliphatic heterocycles. The molecule has 1 saturated heterocycles. The monoisotopic (exact) mass is 475 g/mol. The predicted octanol–water partition coefficient (Wildman–Crippen LogP) is 4.89. The summed E-state index contributed by atoms with van der Waals surface area (Å²) in [4.78, 5) is 30.3. The van der Waals surface area contributed by atoms with Crippen LogP contribution in [0.4, 0.5) is 0 Å². The van der Waals surface area contributed by atoms with E-state index in [1.54, 1.807) is 38.2 Å². The number of ketones is 1. The number of thiazole rings is 1. The third kappa shape index (κ3) is 6.84. The van der Waals surface area contributed by atoms with Gasteiger partial charge in [0.05, 0.1) is 29.0 Å². The smallest absolute Gasteiger partial charge is 0.331 e. The number of nitrogens with zero attached hydrogens (tertiary/aromatic N) is 1. The first-order chi connectivity index (χ1) is 15.5. The molecule has 1 aromatic heterocycles. The predicted molar refractivity (Wildman–Crippen MR) is 130 cm³/mol. The number of esters is 1. The van der Waals surface area contributed by atoms with Crippen LogP contribution in [0.5, 0.6) is 0 Å². The van der Waals surface area contributed by atoms with E-state index in [1.165, 1.54) is 6.08 Å². The zero-order chi connectivity index (χ0) is 24.3. The maximum absolute atomic E-state index is 13.1. The summed E-state index contributed by atoms with van der Waals surface area (Å²) in [5, 5.41) is 13.7. The number of fused-ring (bicyclic) bond motifs is 1. The van der Waals surface area contributed by atoms with Crippen molar-refractivity contribution in [3.8, 4) is 0 Å². The first-order valence-corrected chi connectivity index (χ1v) is 12.7. The highest BCUT2D eigenvalue weighted by Gasteiger charge is 2.41. The van der Waals surface area contributed by atoms with Gasteiger partial charge in [-0.2, -0.15) is 0 Å². The van der Waals surface area contributed by atoms with Gasteiger partial charge in [0.2, 0.25) is 0 Å². The van der Waals surface area contributed by atoms with Gasteiger partial charge in [0.15, 0.2) is 0 Å². The molecule has 0 saturated carbocycles. The summed E-state index contributed by atoms with van der Waals surface area (Å²) in [6, 6.07) is 0. The molecule has 0 aliphatic carbocycles. The van der Waals surface area contributed by atoms with E-state index in [0.29, 0.717) is 6.42 Å². The Kier molecular flexibility index (Phi) is 8.30. The van der Waals surface area contributed by atoms with E-state index in [9.17, 15) is 14.7 Å². The molecule has 1 N–H and O–H groups in total. The van der Waals surface area contributed by atoms with Crippen LogP contribution >= 0.6 is 11.3 Å². The Bertz CT molecular complexity index is 918. The number of carbonyl (C=O) groups excluding carboxylic acids is 2. The molecule has 3 heterocycles. The van der Waals surface area contributed by atoms with Crippen LogP contribution in [0.15, 0.2) is 23.1 Å². The molecule has 0 bridgehead atoms. The van der Waals surface area contributed by atoms with Crippen molar-refractivity contribution >= 4 is 29.2 Å². The average molecular weight is 476 g/mol. The molecule has 6 nitrogen and oxygen atoms in total. The van der Waals surface area contributed by atoms with Gasteiger partial charge in [-0.25, -0.2) is 9.78 Å². The van der Waals surface area contributed by atoms with Gasteiger partial charge in [0.25, 0.3) is 0 Å². The number of Topliss-reactive ketones (excluding diaryl/α,β-unsaturated/α-hetero) is 1. The summed E-state index contributed by atoms with van der Waals surface area (Å²) in [5.74, 6) is -1.09. The van der Waals surface area contributed by atoms with Gasteiger partial charge in [-0.15, -0.1) is 11.3 Å². The number of aryl methyl sites for hydroxylation is 1. The van der Waals surface area contributed by atoms with Crippen LogP contribution in [0.1, 0.15) is 71.0 Å². The molecule has 7 heteroatoms. The van der Waals surface area contributed by atoms with Crippen LogP contribution < -0.4 is 0 Å². The number of carbonyl (C=O) groups is 2. The molecule has 3 rings (SSSR count). The minimum Gasteiger partial charge on any atom is -0.455 e. The zero-order valence-electron chi connectivity index (χ0n) is 20.5. The summed E-state index contributed by atoms with van der Waals surface area (Å²) >= 11 is 1.58. The number of hydrogen-bond donors (Lipinski definition) is 1. The van der Waals surface area contributed by atoms with Gasteiger partial charge in [0.1, 0.15) is 11.9 Å². The van der Waals surface area contributed by atoms with Crippen LogP contribution in [-0.4, -0.2) is 46.3 Å². The van der Waals surface area contributed by atoms with Gasteiger partial charge in [0, 0.05) is 29.2 Å². The summed E-state index contributed by atoms with van der Waals surface area (Å²) < 4.78 is 11.7. The standard InChI is InChI=1S/C26H37NO5S/c1-15-8-7-9-20-22(31-20)13-21(16(2)12-19-14-33-18(4)27-19)32-23(28)10-11-26(5,6)25(30)17(3)24(15)29/h10-12,14-15,17,20-22,24,29H,7-9,13H2,1-6H3/b11-10+,16-12+/t15-,17+,20+,21-,22+,24-/m0/s1. The second-order valence-electron chi connectivity index (χ2n) is 10.2. The van der Waals surface area contributed by atoms with Crippen molar-refractivity contribution in [3.05, 3.63) is 33.8 Å². The maximum Gasteiger partial charge on any atom is 0.331 e. The number of cyclic esters (lactones) is 1. The molecular formula is C26H37NO5S. The van der Waals surface area contributed by atoms with Crippen molar-refractivity contribution < 1.29 is 24.2 Å². The lowest BCUT2D eigenvalue weighted by atomic mass is 9.76. The largest absolute Gasteiger partial charge is 0.455 e. The fourth-order valence-corrected chi connectivity index (χ4v) is 5.11. The van der Waals surface area contributed by atoms with Gasteiger partial charge in [-0.1, -0.05) is 26.3 Å². The lowest BCUT2D eigenvalue weighted by Gasteiger charge is -2.29. The van der Waals surface area contributed by atoms with E-state index in [0.717, 1.165) is 35.5 Å². The fraction of sp³-hybridized carbons (Fsp3) is 0.654. The lowest BCUT2D eigenvalue weighted by Crippen LogP contribution is -2.38. The highest BCUT2D eigenvalue weighted by Crippen LogP contribution is 2.35. The van der Waals surface area contributed by atoms with Gasteiger partial charge in [-0.05, 0) is 58.1 Å². The van der Waals surface area contributed by atoms with E-state index < -0.39 is 29.5 Å². The number of aliphatic hydroxyl groups excluding tert-OH is 1. The van der Waals surface area contributed by atoms with E-state index in [-0.39, 0.29) is 23.9 Å². The summed E-state index contributed by atoms with van der Waals surface area (Å²) in [5.41, 5.74) is 0.882. The second kappa shape index (κ2) is 10.6. The van der Waals surface area contributed by atoms with E-state index >= 15 is 0 Å². The Hall–Kier alpha value is -1.83. The van der Waals surface area contributed by atoms with Gasteiger partial charge >= 0.3 is 5.97 Å². The SMILES string of the molecule is C/C(=C\c1csc(C)n1)[C@@H]1C[C@H]2O[C@@H]2CCC[C@H](C)[C@H](O)[C@@H](C)C(=O)C(C)(C)/C=C/C(=O)O1. The number of aliphatic hydroxyl groups is 1. The molecule has 1 aromatic rings. The summed E-state index contributed by atoms with van der Waals surface area (Å²) in [7, 11) is 0. The Balaban J connectivity index is 1.82.